The highest BCUT2D eigenvalue weighted by atomic mass is 16.5. The number of carbonyl (C=O) groups excluding carboxylic acids is 1. The molecule has 0 aliphatic carbocycles. The summed E-state index contributed by atoms with van der Waals surface area (Å²) in [5, 5.41) is 7.25. The molecule has 0 saturated carbocycles. The van der Waals surface area contributed by atoms with Crippen LogP contribution in [0.3, 0.4) is 0 Å². The smallest absolute Gasteiger partial charge is 0.228 e. The predicted molar refractivity (Wildman–Crippen MR) is 72.8 cm³/mol. The molecule has 1 fully saturated rings. The van der Waals surface area contributed by atoms with Crippen LogP contribution < -0.4 is 5.32 Å². The molecule has 106 valence electrons. The third-order valence-corrected chi connectivity index (χ3v) is 3.54. The Labute approximate surface area is 114 Å². The Bertz CT molecular complexity index is 411. The molecular formula is C14H23N3O2. The van der Waals surface area contributed by atoms with Crippen molar-refractivity contribution in [1.29, 1.82) is 0 Å². The van der Waals surface area contributed by atoms with Crippen LogP contribution in [-0.4, -0.2) is 41.6 Å². The summed E-state index contributed by atoms with van der Waals surface area (Å²) >= 11 is 0. The summed E-state index contributed by atoms with van der Waals surface area (Å²) in [7, 11) is 0. The maximum absolute atomic E-state index is 12.4. The topological polar surface area (TPSA) is 58.4 Å². The Balaban J connectivity index is 1.98. The number of carbonyl (C=O) groups is 1. The molecule has 1 aliphatic rings. The maximum Gasteiger partial charge on any atom is 0.228 e. The minimum absolute atomic E-state index is 0.169. The van der Waals surface area contributed by atoms with Gasteiger partial charge in [-0.1, -0.05) is 12.1 Å². The number of hydrogen-bond donors (Lipinski definition) is 1. The summed E-state index contributed by atoms with van der Waals surface area (Å²) in [4.78, 5) is 14.5. The van der Waals surface area contributed by atoms with Crippen molar-refractivity contribution in [2.75, 3.05) is 19.6 Å². The fourth-order valence-corrected chi connectivity index (χ4v) is 2.63. The highest BCUT2D eigenvalue weighted by Gasteiger charge is 2.25. The van der Waals surface area contributed by atoms with Gasteiger partial charge in [0.1, 0.15) is 5.76 Å². The van der Waals surface area contributed by atoms with Crippen molar-refractivity contribution in [3.05, 3.63) is 17.5 Å². The van der Waals surface area contributed by atoms with Gasteiger partial charge in [0.15, 0.2) is 0 Å². The zero-order chi connectivity index (χ0) is 13.7. The van der Waals surface area contributed by atoms with Crippen molar-refractivity contribution < 1.29 is 9.32 Å². The van der Waals surface area contributed by atoms with Crippen LogP contribution in [0.1, 0.15) is 37.6 Å². The maximum atomic E-state index is 12.4. The molecule has 2 heterocycles. The fraction of sp³-hybridized carbons (Fsp3) is 0.714. The van der Waals surface area contributed by atoms with E-state index in [1.165, 1.54) is 0 Å². The van der Waals surface area contributed by atoms with Crippen LogP contribution >= 0.6 is 0 Å². The van der Waals surface area contributed by atoms with Gasteiger partial charge in [-0.15, -0.1) is 0 Å². The SMILES string of the molecule is CCCN(C(=O)Cc1cc(C)on1)C1CCNCC1. The van der Waals surface area contributed by atoms with Gasteiger partial charge in [-0.3, -0.25) is 4.79 Å². The average Bonchev–Trinajstić information content (AvgIpc) is 2.82. The molecule has 0 bridgehead atoms. The van der Waals surface area contributed by atoms with Gasteiger partial charge in [0, 0.05) is 18.7 Å². The van der Waals surface area contributed by atoms with E-state index in [0.29, 0.717) is 12.5 Å². The van der Waals surface area contributed by atoms with Crippen LogP contribution in [0.5, 0.6) is 0 Å². The molecule has 19 heavy (non-hydrogen) atoms. The van der Waals surface area contributed by atoms with Crippen molar-refractivity contribution in [2.45, 2.75) is 45.6 Å². The monoisotopic (exact) mass is 265 g/mol. The van der Waals surface area contributed by atoms with Gasteiger partial charge in [-0.2, -0.15) is 0 Å². The number of aryl methyl sites for hydroxylation is 1. The first-order chi connectivity index (χ1) is 9.20. The molecular weight excluding hydrogens is 242 g/mol. The molecule has 0 spiro atoms. The second-order valence-corrected chi connectivity index (χ2v) is 5.17. The zero-order valence-corrected chi connectivity index (χ0v) is 11.8. The minimum Gasteiger partial charge on any atom is -0.361 e. The van der Waals surface area contributed by atoms with Crippen LogP contribution in [0.15, 0.2) is 10.6 Å². The lowest BCUT2D eigenvalue weighted by Gasteiger charge is -2.34. The Morgan fingerprint density at radius 1 is 1.53 bits per heavy atom. The number of nitrogens with one attached hydrogen (secondary N) is 1. The van der Waals surface area contributed by atoms with Crippen molar-refractivity contribution in [1.82, 2.24) is 15.4 Å². The summed E-state index contributed by atoms with van der Waals surface area (Å²) < 4.78 is 5.02. The van der Waals surface area contributed by atoms with E-state index >= 15 is 0 Å². The highest BCUT2D eigenvalue weighted by Crippen LogP contribution is 2.14. The summed E-state index contributed by atoms with van der Waals surface area (Å²) in [5.41, 5.74) is 0.734. The highest BCUT2D eigenvalue weighted by molar-refractivity contribution is 5.78. The first-order valence-electron chi connectivity index (χ1n) is 7.13. The molecule has 5 heteroatoms. The third-order valence-electron chi connectivity index (χ3n) is 3.54. The van der Waals surface area contributed by atoms with Crippen LogP contribution in [0.4, 0.5) is 0 Å². The van der Waals surface area contributed by atoms with E-state index in [9.17, 15) is 4.79 Å². The van der Waals surface area contributed by atoms with Crippen LogP contribution in [0, 0.1) is 6.92 Å². The molecule has 1 aromatic heterocycles. The average molecular weight is 265 g/mol. The first kappa shape index (κ1) is 14.1. The predicted octanol–water partition coefficient (Wildman–Crippen LogP) is 1.52. The standard InChI is InChI=1S/C14H23N3O2/c1-3-8-17(13-4-6-15-7-5-13)14(18)10-12-9-11(2)19-16-12/h9,13,15H,3-8,10H2,1-2H3. The van der Waals surface area contributed by atoms with E-state index < -0.39 is 0 Å². The fourth-order valence-electron chi connectivity index (χ4n) is 2.63. The molecule has 0 aromatic carbocycles. The van der Waals surface area contributed by atoms with Gasteiger partial charge in [0.2, 0.25) is 5.91 Å². The Hall–Kier alpha value is -1.36. The molecule has 2 rings (SSSR count). The van der Waals surface area contributed by atoms with E-state index in [0.717, 1.165) is 50.4 Å². The van der Waals surface area contributed by atoms with E-state index in [-0.39, 0.29) is 5.91 Å². The summed E-state index contributed by atoms with van der Waals surface area (Å²) in [6.07, 6.45) is 3.43. The van der Waals surface area contributed by atoms with Gasteiger partial charge in [-0.05, 0) is 39.3 Å². The number of rotatable bonds is 5. The third kappa shape index (κ3) is 3.80. The number of aromatic nitrogens is 1. The molecule has 0 unspecified atom stereocenters. The van der Waals surface area contributed by atoms with Gasteiger partial charge in [0.25, 0.3) is 0 Å². The van der Waals surface area contributed by atoms with Gasteiger partial charge in [0.05, 0.1) is 12.1 Å². The van der Waals surface area contributed by atoms with E-state index in [1.54, 1.807) is 0 Å². The molecule has 1 N–H and O–H groups in total. The molecule has 1 amide bonds. The molecule has 5 nitrogen and oxygen atoms in total. The lowest BCUT2D eigenvalue weighted by Crippen LogP contribution is -2.47. The molecule has 1 saturated heterocycles. The van der Waals surface area contributed by atoms with E-state index in [2.05, 4.69) is 17.4 Å². The summed E-state index contributed by atoms with van der Waals surface area (Å²) in [6, 6.07) is 2.21. The Morgan fingerprint density at radius 2 is 2.26 bits per heavy atom. The van der Waals surface area contributed by atoms with Gasteiger partial charge in [-0.25, -0.2) is 0 Å². The normalized spacial score (nSPS) is 16.5. The number of hydrogen-bond acceptors (Lipinski definition) is 4. The number of amides is 1. The Kier molecular flexibility index (Phi) is 4.96. The van der Waals surface area contributed by atoms with Crippen LogP contribution in [-0.2, 0) is 11.2 Å². The van der Waals surface area contributed by atoms with Crippen LogP contribution in [0.25, 0.3) is 0 Å². The quantitative estimate of drug-likeness (QED) is 0.877. The molecule has 0 radical (unpaired) electrons. The Morgan fingerprint density at radius 3 is 2.84 bits per heavy atom. The largest absolute Gasteiger partial charge is 0.361 e. The first-order valence-corrected chi connectivity index (χ1v) is 7.13. The second kappa shape index (κ2) is 6.70. The zero-order valence-electron chi connectivity index (χ0n) is 11.8. The van der Waals surface area contributed by atoms with Gasteiger partial charge >= 0.3 is 0 Å². The molecule has 1 aliphatic heterocycles. The number of nitrogens with zero attached hydrogens (tertiary/aromatic N) is 2. The van der Waals surface area contributed by atoms with Gasteiger partial charge < -0.3 is 14.7 Å². The second-order valence-electron chi connectivity index (χ2n) is 5.17. The number of piperidine rings is 1. The van der Waals surface area contributed by atoms with Crippen molar-refractivity contribution in [3.8, 4) is 0 Å². The van der Waals surface area contributed by atoms with Crippen molar-refractivity contribution in [3.63, 3.8) is 0 Å². The lowest BCUT2D eigenvalue weighted by atomic mass is 10.0. The van der Waals surface area contributed by atoms with Crippen molar-refractivity contribution in [2.24, 2.45) is 0 Å². The van der Waals surface area contributed by atoms with E-state index in [1.807, 2.05) is 17.9 Å². The molecule has 1 aromatic rings. The van der Waals surface area contributed by atoms with Crippen molar-refractivity contribution >= 4 is 5.91 Å². The summed E-state index contributed by atoms with van der Waals surface area (Å²) in [5.74, 6) is 0.925. The lowest BCUT2D eigenvalue weighted by molar-refractivity contribution is -0.133. The minimum atomic E-state index is 0.169. The molecule has 0 atom stereocenters. The van der Waals surface area contributed by atoms with E-state index in [4.69, 9.17) is 4.52 Å². The summed E-state index contributed by atoms with van der Waals surface area (Å²) in [6.45, 7) is 6.79. The van der Waals surface area contributed by atoms with Crippen LogP contribution in [0.2, 0.25) is 0 Å².